The molecule has 0 unspecified atom stereocenters. The van der Waals surface area contributed by atoms with Gasteiger partial charge < -0.3 is 25.4 Å². The first-order valence-electron chi connectivity index (χ1n) is 7.26. The molecule has 0 saturated carbocycles. The van der Waals surface area contributed by atoms with Crippen molar-refractivity contribution in [2.45, 2.75) is 24.6 Å². The summed E-state index contributed by atoms with van der Waals surface area (Å²) in [5, 5.41) is 2.46. The Morgan fingerprint density at radius 2 is 2.22 bits per heavy atom. The lowest BCUT2D eigenvalue weighted by Crippen LogP contribution is -2.39. The minimum Gasteiger partial charge on any atom is -0.445 e. The molecular formula is C14H23N3O5S. The summed E-state index contributed by atoms with van der Waals surface area (Å²) in [7, 11) is 0. The van der Waals surface area contributed by atoms with Gasteiger partial charge in [-0.05, 0) is 6.42 Å². The molecule has 0 aromatic heterocycles. The SMILES string of the molecule is C=CCOC(=O)N1C[C@@H](SC(C)=O)C[C@H]1COCCNC(N)=O. The summed E-state index contributed by atoms with van der Waals surface area (Å²) in [6.45, 7) is 6.48. The molecule has 1 saturated heterocycles. The van der Waals surface area contributed by atoms with Crippen LogP contribution in [0.5, 0.6) is 0 Å². The number of carbonyl (C=O) groups excluding carboxylic acids is 3. The molecule has 0 aromatic rings. The molecule has 1 heterocycles. The van der Waals surface area contributed by atoms with Crippen molar-refractivity contribution in [3.8, 4) is 0 Å². The van der Waals surface area contributed by atoms with Crippen molar-refractivity contribution in [1.82, 2.24) is 10.2 Å². The van der Waals surface area contributed by atoms with Gasteiger partial charge in [-0.2, -0.15) is 0 Å². The molecule has 3 amide bonds. The summed E-state index contributed by atoms with van der Waals surface area (Å²) in [6.07, 6.45) is 1.70. The fourth-order valence-electron chi connectivity index (χ4n) is 2.25. The van der Waals surface area contributed by atoms with E-state index in [0.29, 0.717) is 32.7 Å². The fraction of sp³-hybridized carbons (Fsp3) is 0.643. The number of rotatable bonds is 8. The van der Waals surface area contributed by atoms with Crippen LogP contribution in [0.1, 0.15) is 13.3 Å². The number of hydrogen-bond donors (Lipinski definition) is 2. The predicted octanol–water partition coefficient (Wildman–Crippen LogP) is 0.717. The molecular weight excluding hydrogens is 322 g/mol. The third kappa shape index (κ3) is 7.38. The number of urea groups is 1. The zero-order valence-corrected chi connectivity index (χ0v) is 14.0. The van der Waals surface area contributed by atoms with Gasteiger partial charge in [-0.1, -0.05) is 24.4 Å². The van der Waals surface area contributed by atoms with E-state index in [1.54, 1.807) is 4.90 Å². The molecule has 0 bridgehead atoms. The van der Waals surface area contributed by atoms with E-state index >= 15 is 0 Å². The van der Waals surface area contributed by atoms with Gasteiger partial charge in [0.25, 0.3) is 0 Å². The second kappa shape index (κ2) is 10.1. The molecule has 0 radical (unpaired) electrons. The van der Waals surface area contributed by atoms with Gasteiger partial charge >= 0.3 is 12.1 Å². The zero-order valence-electron chi connectivity index (χ0n) is 13.2. The monoisotopic (exact) mass is 345 g/mol. The highest BCUT2D eigenvalue weighted by atomic mass is 32.2. The maximum Gasteiger partial charge on any atom is 0.410 e. The van der Waals surface area contributed by atoms with E-state index in [0.717, 1.165) is 0 Å². The van der Waals surface area contributed by atoms with Crippen LogP contribution in [0.3, 0.4) is 0 Å². The normalized spacial score (nSPS) is 20.1. The first kappa shape index (κ1) is 19.3. The molecule has 2 atom stereocenters. The molecule has 1 fully saturated rings. The molecule has 9 heteroatoms. The molecule has 1 aliphatic heterocycles. The van der Waals surface area contributed by atoms with Crippen molar-refractivity contribution < 1.29 is 23.9 Å². The van der Waals surface area contributed by atoms with E-state index in [1.807, 2.05) is 0 Å². The van der Waals surface area contributed by atoms with E-state index in [4.69, 9.17) is 15.2 Å². The molecule has 1 aliphatic rings. The van der Waals surface area contributed by atoms with Crippen molar-refractivity contribution >= 4 is 29.0 Å². The lowest BCUT2D eigenvalue weighted by Gasteiger charge is -2.23. The van der Waals surface area contributed by atoms with E-state index in [2.05, 4.69) is 11.9 Å². The molecule has 0 aliphatic carbocycles. The summed E-state index contributed by atoms with van der Waals surface area (Å²) < 4.78 is 10.5. The van der Waals surface area contributed by atoms with Crippen molar-refractivity contribution in [3.05, 3.63) is 12.7 Å². The lowest BCUT2D eigenvalue weighted by atomic mass is 10.2. The number of likely N-dealkylation sites (tertiary alicyclic amines) is 1. The maximum atomic E-state index is 12.1. The van der Waals surface area contributed by atoms with Crippen LogP contribution in [-0.2, 0) is 14.3 Å². The number of thioether (sulfide) groups is 1. The topological polar surface area (TPSA) is 111 Å². The van der Waals surface area contributed by atoms with Crippen LogP contribution in [0.25, 0.3) is 0 Å². The Bertz CT molecular complexity index is 446. The third-order valence-corrected chi connectivity index (χ3v) is 4.13. The van der Waals surface area contributed by atoms with Crippen LogP contribution >= 0.6 is 11.8 Å². The number of carbonyl (C=O) groups is 3. The maximum absolute atomic E-state index is 12.1. The van der Waals surface area contributed by atoms with Gasteiger partial charge in [0.15, 0.2) is 5.12 Å². The number of ether oxygens (including phenoxy) is 2. The number of nitrogens with two attached hydrogens (primary N) is 1. The number of primary amides is 1. The zero-order chi connectivity index (χ0) is 17.2. The molecule has 3 N–H and O–H groups in total. The quantitative estimate of drug-likeness (QED) is 0.495. The van der Waals surface area contributed by atoms with Crippen LogP contribution in [0.15, 0.2) is 12.7 Å². The van der Waals surface area contributed by atoms with E-state index < -0.39 is 12.1 Å². The van der Waals surface area contributed by atoms with Gasteiger partial charge in [-0.3, -0.25) is 4.79 Å². The second-order valence-corrected chi connectivity index (χ2v) is 6.48. The average molecular weight is 345 g/mol. The van der Waals surface area contributed by atoms with Crippen molar-refractivity contribution in [2.24, 2.45) is 5.73 Å². The number of nitrogens with one attached hydrogen (secondary N) is 1. The fourth-order valence-corrected chi connectivity index (χ4v) is 3.28. The number of hydrogen-bond acceptors (Lipinski definition) is 6. The summed E-state index contributed by atoms with van der Waals surface area (Å²) in [5.41, 5.74) is 4.95. The van der Waals surface area contributed by atoms with Crippen LogP contribution in [0, 0.1) is 0 Å². The van der Waals surface area contributed by atoms with Crippen LogP contribution in [0.4, 0.5) is 9.59 Å². The van der Waals surface area contributed by atoms with E-state index in [-0.39, 0.29) is 23.0 Å². The Kier molecular flexibility index (Phi) is 8.49. The molecule has 130 valence electrons. The van der Waals surface area contributed by atoms with Crippen LogP contribution < -0.4 is 11.1 Å². The van der Waals surface area contributed by atoms with E-state index in [9.17, 15) is 14.4 Å². The Hall–Kier alpha value is -1.74. The highest BCUT2D eigenvalue weighted by molar-refractivity contribution is 8.14. The van der Waals surface area contributed by atoms with E-state index in [1.165, 1.54) is 24.8 Å². The molecule has 1 rings (SSSR count). The molecule has 8 nitrogen and oxygen atoms in total. The Morgan fingerprint density at radius 1 is 1.48 bits per heavy atom. The standard InChI is InChI=1S/C14H23N3O5S/c1-3-5-22-14(20)17-8-12(23-10(2)18)7-11(17)9-21-6-4-16-13(15)19/h3,11-12H,1,4-9H2,2H3,(H3,15,16,19)/t11-,12-/m0/s1. The highest BCUT2D eigenvalue weighted by Gasteiger charge is 2.37. The minimum absolute atomic E-state index is 0.0154. The first-order valence-corrected chi connectivity index (χ1v) is 8.14. The number of amides is 3. The Balaban J connectivity index is 2.49. The summed E-state index contributed by atoms with van der Waals surface area (Å²) in [5.74, 6) is 0. The first-order chi connectivity index (χ1) is 10.9. The van der Waals surface area contributed by atoms with Gasteiger partial charge in [0.2, 0.25) is 0 Å². The van der Waals surface area contributed by atoms with Crippen molar-refractivity contribution in [3.63, 3.8) is 0 Å². The highest BCUT2D eigenvalue weighted by Crippen LogP contribution is 2.28. The predicted molar refractivity (Wildman–Crippen MR) is 87.1 cm³/mol. The van der Waals surface area contributed by atoms with Crippen LogP contribution in [-0.4, -0.2) is 66.3 Å². The molecule has 0 aromatic carbocycles. The summed E-state index contributed by atoms with van der Waals surface area (Å²) in [4.78, 5) is 35.4. The Morgan fingerprint density at radius 3 is 2.83 bits per heavy atom. The van der Waals surface area contributed by atoms with Gasteiger partial charge in [-0.15, -0.1) is 0 Å². The Labute approximate surface area is 139 Å². The van der Waals surface area contributed by atoms with Gasteiger partial charge in [0.05, 0.1) is 19.3 Å². The minimum atomic E-state index is -0.609. The lowest BCUT2D eigenvalue weighted by molar-refractivity contribution is -0.109. The second-order valence-electron chi connectivity index (χ2n) is 5.00. The van der Waals surface area contributed by atoms with Crippen molar-refractivity contribution in [2.75, 3.05) is 32.9 Å². The molecule has 0 spiro atoms. The number of nitrogens with zero attached hydrogens (tertiary/aromatic N) is 1. The third-order valence-electron chi connectivity index (χ3n) is 3.12. The largest absolute Gasteiger partial charge is 0.445 e. The summed E-state index contributed by atoms with van der Waals surface area (Å²) in [6, 6.07) is -0.778. The van der Waals surface area contributed by atoms with Gasteiger partial charge in [0, 0.05) is 25.3 Å². The van der Waals surface area contributed by atoms with Crippen molar-refractivity contribution in [1.29, 1.82) is 0 Å². The average Bonchev–Trinajstić information content (AvgIpc) is 2.86. The van der Waals surface area contributed by atoms with Gasteiger partial charge in [-0.25, -0.2) is 9.59 Å². The smallest absolute Gasteiger partial charge is 0.410 e. The van der Waals surface area contributed by atoms with Gasteiger partial charge in [0.1, 0.15) is 6.61 Å². The molecule has 23 heavy (non-hydrogen) atoms. The van der Waals surface area contributed by atoms with Crippen LogP contribution in [0.2, 0.25) is 0 Å². The summed E-state index contributed by atoms with van der Waals surface area (Å²) >= 11 is 1.22.